The number of pyridine rings is 1. The molecule has 2 heterocycles. The van der Waals surface area contributed by atoms with E-state index in [2.05, 4.69) is 48.0 Å². The number of amides is 1. The van der Waals surface area contributed by atoms with Gasteiger partial charge in [-0.3, -0.25) is 4.79 Å². The topological polar surface area (TPSA) is 36.4 Å². The van der Waals surface area contributed by atoms with Crippen molar-refractivity contribution >= 4 is 22.5 Å². The molecule has 1 aromatic heterocycles. The Morgan fingerprint density at radius 2 is 1.86 bits per heavy atom. The molecule has 1 amide bonds. The maximum absolute atomic E-state index is 12.2. The number of aromatic nitrogens is 1. The molecular formula is C18H23N3O. The first-order valence-electron chi connectivity index (χ1n) is 8.01. The largest absolute Gasteiger partial charge is 0.353 e. The fraction of sp³-hybridized carbons (Fsp3) is 0.444. The molecule has 0 atom stereocenters. The van der Waals surface area contributed by atoms with Gasteiger partial charge in [-0.1, -0.05) is 38.1 Å². The lowest BCUT2D eigenvalue weighted by atomic mass is 10.1. The molecule has 0 bridgehead atoms. The van der Waals surface area contributed by atoms with E-state index < -0.39 is 0 Å². The van der Waals surface area contributed by atoms with Gasteiger partial charge in [-0.25, -0.2) is 4.98 Å². The first kappa shape index (κ1) is 14.8. The SMILES string of the molecule is CC(C)CC(=O)N1CCN(c2nccc3ccccc23)CC1. The summed E-state index contributed by atoms with van der Waals surface area (Å²) in [6.07, 6.45) is 2.51. The summed E-state index contributed by atoms with van der Waals surface area (Å²) < 4.78 is 0. The number of benzene rings is 1. The highest BCUT2D eigenvalue weighted by Gasteiger charge is 2.23. The van der Waals surface area contributed by atoms with Crippen LogP contribution < -0.4 is 4.90 Å². The lowest BCUT2D eigenvalue weighted by molar-refractivity contribution is -0.132. The molecule has 4 heteroatoms. The number of fused-ring (bicyclic) bond motifs is 1. The average Bonchev–Trinajstić information content (AvgIpc) is 2.54. The first-order valence-corrected chi connectivity index (χ1v) is 8.01. The number of hydrogen-bond acceptors (Lipinski definition) is 3. The van der Waals surface area contributed by atoms with Gasteiger partial charge in [0.05, 0.1) is 0 Å². The molecule has 1 aliphatic heterocycles. The molecule has 22 heavy (non-hydrogen) atoms. The predicted molar refractivity (Wildman–Crippen MR) is 90.0 cm³/mol. The lowest BCUT2D eigenvalue weighted by Gasteiger charge is -2.36. The second-order valence-electron chi connectivity index (χ2n) is 6.32. The van der Waals surface area contributed by atoms with Crippen LogP contribution in [-0.2, 0) is 4.79 Å². The molecule has 116 valence electrons. The molecule has 3 rings (SSSR count). The molecule has 1 aromatic carbocycles. The molecule has 1 saturated heterocycles. The Balaban J connectivity index is 1.72. The van der Waals surface area contributed by atoms with E-state index in [9.17, 15) is 4.79 Å². The minimum absolute atomic E-state index is 0.278. The third-order valence-corrected chi connectivity index (χ3v) is 4.17. The van der Waals surface area contributed by atoms with Crippen molar-refractivity contribution in [1.82, 2.24) is 9.88 Å². The summed E-state index contributed by atoms with van der Waals surface area (Å²) in [6, 6.07) is 10.4. The Hall–Kier alpha value is -2.10. The number of nitrogens with zero attached hydrogens (tertiary/aromatic N) is 3. The Kier molecular flexibility index (Phi) is 4.27. The van der Waals surface area contributed by atoms with E-state index in [0.717, 1.165) is 32.0 Å². The van der Waals surface area contributed by atoms with Gasteiger partial charge in [-0.05, 0) is 17.4 Å². The number of rotatable bonds is 3. The van der Waals surface area contributed by atoms with Crippen molar-refractivity contribution in [3.63, 3.8) is 0 Å². The van der Waals surface area contributed by atoms with Gasteiger partial charge in [0.2, 0.25) is 5.91 Å². The monoisotopic (exact) mass is 297 g/mol. The van der Waals surface area contributed by atoms with E-state index in [4.69, 9.17) is 0 Å². The van der Waals surface area contributed by atoms with Crippen LogP contribution in [0.2, 0.25) is 0 Å². The van der Waals surface area contributed by atoms with Crippen LogP contribution in [0.25, 0.3) is 10.8 Å². The van der Waals surface area contributed by atoms with E-state index >= 15 is 0 Å². The summed E-state index contributed by atoms with van der Waals surface area (Å²) in [5.41, 5.74) is 0. The summed E-state index contributed by atoms with van der Waals surface area (Å²) >= 11 is 0. The minimum atomic E-state index is 0.278. The van der Waals surface area contributed by atoms with Crippen LogP contribution in [0.1, 0.15) is 20.3 Å². The number of carbonyl (C=O) groups is 1. The van der Waals surface area contributed by atoms with Crippen molar-refractivity contribution in [3.8, 4) is 0 Å². The molecule has 2 aromatic rings. The Morgan fingerprint density at radius 1 is 1.14 bits per heavy atom. The van der Waals surface area contributed by atoms with Crippen LogP contribution in [0.5, 0.6) is 0 Å². The molecule has 0 unspecified atom stereocenters. The number of hydrogen-bond donors (Lipinski definition) is 0. The molecule has 1 aliphatic rings. The normalized spacial score (nSPS) is 15.6. The third kappa shape index (κ3) is 3.06. The van der Waals surface area contributed by atoms with E-state index in [1.807, 2.05) is 17.2 Å². The molecule has 4 nitrogen and oxygen atoms in total. The maximum Gasteiger partial charge on any atom is 0.222 e. The highest BCUT2D eigenvalue weighted by Crippen LogP contribution is 2.25. The molecule has 0 radical (unpaired) electrons. The van der Waals surface area contributed by atoms with Gasteiger partial charge in [-0.2, -0.15) is 0 Å². The highest BCUT2D eigenvalue weighted by atomic mass is 16.2. The molecule has 1 fully saturated rings. The molecule has 0 aliphatic carbocycles. The van der Waals surface area contributed by atoms with Gasteiger partial charge in [-0.15, -0.1) is 0 Å². The van der Waals surface area contributed by atoms with Crippen LogP contribution in [0, 0.1) is 5.92 Å². The second kappa shape index (κ2) is 6.34. The summed E-state index contributed by atoms with van der Waals surface area (Å²) in [7, 11) is 0. The van der Waals surface area contributed by atoms with Crippen molar-refractivity contribution < 1.29 is 4.79 Å². The van der Waals surface area contributed by atoms with Crippen LogP contribution in [-0.4, -0.2) is 42.0 Å². The molecule has 0 saturated carbocycles. The summed E-state index contributed by atoms with van der Waals surface area (Å²) in [5, 5.41) is 2.40. The van der Waals surface area contributed by atoms with Crippen molar-refractivity contribution in [3.05, 3.63) is 36.5 Å². The van der Waals surface area contributed by atoms with E-state index in [1.54, 1.807) is 0 Å². The molecule has 0 spiro atoms. The standard InChI is InChI=1S/C18H23N3O/c1-14(2)13-17(22)20-9-11-21(12-10-20)18-16-6-4-3-5-15(16)7-8-19-18/h3-8,14H,9-13H2,1-2H3. The third-order valence-electron chi connectivity index (χ3n) is 4.17. The number of carbonyl (C=O) groups excluding carboxylic acids is 1. The van der Waals surface area contributed by atoms with E-state index in [0.29, 0.717) is 12.3 Å². The zero-order valence-electron chi connectivity index (χ0n) is 13.3. The van der Waals surface area contributed by atoms with Gasteiger partial charge in [0.15, 0.2) is 0 Å². The smallest absolute Gasteiger partial charge is 0.222 e. The van der Waals surface area contributed by atoms with Crippen molar-refractivity contribution in [2.45, 2.75) is 20.3 Å². The average molecular weight is 297 g/mol. The summed E-state index contributed by atoms with van der Waals surface area (Å²) in [4.78, 5) is 21.0. The highest BCUT2D eigenvalue weighted by molar-refractivity contribution is 5.92. The number of piperazine rings is 1. The van der Waals surface area contributed by atoms with Gasteiger partial charge in [0, 0.05) is 44.2 Å². The van der Waals surface area contributed by atoms with Crippen LogP contribution >= 0.6 is 0 Å². The first-order chi connectivity index (χ1) is 10.6. The van der Waals surface area contributed by atoms with Crippen LogP contribution in [0.4, 0.5) is 5.82 Å². The Labute approximate surface area is 131 Å². The van der Waals surface area contributed by atoms with Gasteiger partial charge in [0.25, 0.3) is 0 Å². The predicted octanol–water partition coefficient (Wildman–Crippen LogP) is 2.93. The van der Waals surface area contributed by atoms with E-state index in [-0.39, 0.29) is 5.91 Å². The minimum Gasteiger partial charge on any atom is -0.353 e. The zero-order valence-corrected chi connectivity index (χ0v) is 13.3. The Morgan fingerprint density at radius 3 is 2.59 bits per heavy atom. The summed E-state index contributed by atoms with van der Waals surface area (Å²) in [6.45, 7) is 7.46. The van der Waals surface area contributed by atoms with Crippen LogP contribution in [0.3, 0.4) is 0 Å². The van der Waals surface area contributed by atoms with Crippen LogP contribution in [0.15, 0.2) is 36.5 Å². The zero-order chi connectivity index (χ0) is 15.5. The summed E-state index contributed by atoms with van der Waals surface area (Å²) in [5.74, 6) is 1.74. The van der Waals surface area contributed by atoms with Crippen molar-refractivity contribution in [2.24, 2.45) is 5.92 Å². The number of anilines is 1. The quantitative estimate of drug-likeness (QED) is 0.874. The van der Waals surface area contributed by atoms with Gasteiger partial charge < -0.3 is 9.80 Å². The fourth-order valence-electron chi connectivity index (χ4n) is 3.00. The van der Waals surface area contributed by atoms with Crippen molar-refractivity contribution in [2.75, 3.05) is 31.1 Å². The maximum atomic E-state index is 12.2. The fourth-order valence-corrected chi connectivity index (χ4v) is 3.00. The second-order valence-corrected chi connectivity index (χ2v) is 6.32. The van der Waals surface area contributed by atoms with E-state index in [1.165, 1.54) is 10.8 Å². The molecule has 0 N–H and O–H groups in total. The lowest BCUT2D eigenvalue weighted by Crippen LogP contribution is -2.49. The molecular weight excluding hydrogens is 274 g/mol. The van der Waals surface area contributed by atoms with Gasteiger partial charge >= 0.3 is 0 Å². The van der Waals surface area contributed by atoms with Gasteiger partial charge in [0.1, 0.15) is 5.82 Å². The Bertz CT molecular complexity index is 655. The van der Waals surface area contributed by atoms with Crippen molar-refractivity contribution in [1.29, 1.82) is 0 Å².